The number of hydrogen-bond acceptors (Lipinski definition) is 4. The smallest absolute Gasteiger partial charge is 0.347 e. The Bertz CT molecular complexity index is 90.0. The topological polar surface area (TPSA) is 124 Å². The number of nitrogens with one attached hydrogen (secondary N) is 1. The van der Waals surface area contributed by atoms with Crippen molar-refractivity contribution in [1.29, 1.82) is 0 Å². The second-order valence-electron chi connectivity index (χ2n) is 0.733. The zero-order valence-electron chi connectivity index (χ0n) is 4.83. The van der Waals surface area contributed by atoms with Crippen molar-refractivity contribution in [2.75, 3.05) is 7.05 Å². The quantitative estimate of drug-likeness (QED) is 0.297. The Labute approximate surface area is 51.1 Å². The van der Waals surface area contributed by atoms with Gasteiger partial charge in [0.1, 0.15) is 0 Å². The number of hydrazine groups is 1. The molecule has 0 aromatic heterocycles. The molecule has 5 N–H and O–H groups in total. The van der Waals surface area contributed by atoms with Crippen LogP contribution in [-0.2, 0) is 0 Å². The van der Waals surface area contributed by atoms with E-state index in [1.165, 1.54) is 12.5 Å². The summed E-state index contributed by atoms with van der Waals surface area (Å²) < 4.78 is 0. The van der Waals surface area contributed by atoms with Gasteiger partial charge in [-0.05, 0) is 7.05 Å². The first-order valence-electron chi connectivity index (χ1n) is 1.91. The third-order valence-electron chi connectivity index (χ3n) is 0.201. The number of hydrogen-bond donors (Lipinski definition) is 3. The molecule has 0 fully saturated rings. The van der Waals surface area contributed by atoms with Crippen LogP contribution in [-0.4, -0.2) is 18.1 Å². The number of nitrogens with zero attached hydrogens (tertiary/aromatic N) is 1. The molecule has 0 unspecified atom stereocenters. The minimum Gasteiger partial charge on any atom is -0.347 e. The van der Waals surface area contributed by atoms with Gasteiger partial charge in [0.05, 0.1) is 0 Å². The summed E-state index contributed by atoms with van der Waals surface area (Å²) in [4.78, 5) is 18.7. The molecule has 7 nitrogen and oxygen atoms in total. The van der Waals surface area contributed by atoms with Crippen LogP contribution < -0.4 is 16.9 Å². The van der Waals surface area contributed by atoms with Gasteiger partial charge in [0.15, 0.2) is 5.03 Å². The molecule has 9 heavy (non-hydrogen) atoms. The summed E-state index contributed by atoms with van der Waals surface area (Å²) >= 11 is 0. The average molecular weight is 136 g/mol. The van der Waals surface area contributed by atoms with E-state index in [0.29, 0.717) is 0 Å². The number of rotatable bonds is 1. The molecule has 54 valence electrons. The van der Waals surface area contributed by atoms with Crippen molar-refractivity contribution >= 4 is 6.03 Å². The molecule has 0 aliphatic carbocycles. The highest BCUT2D eigenvalue weighted by Crippen LogP contribution is 1.53. The number of primary amides is 1. The molecule has 0 rings (SSSR count). The van der Waals surface area contributed by atoms with E-state index in [-0.39, 0.29) is 0 Å². The maximum Gasteiger partial charge on any atom is 0.370 e. The molecular weight excluding hydrogens is 128 g/mol. The molecule has 0 saturated carbocycles. The zero-order valence-corrected chi connectivity index (χ0v) is 4.83. The minimum absolute atomic E-state index is 1.03. The van der Waals surface area contributed by atoms with E-state index >= 15 is 0 Å². The summed E-state index contributed by atoms with van der Waals surface area (Å²) in [6, 6.07) is -1.16. The first kappa shape index (κ1) is 10.6. The number of nitrogens with two attached hydrogens (primary N) is 2. The molecule has 2 amide bonds. The Morgan fingerprint density at radius 2 is 2.00 bits per heavy atom. The van der Waals surface area contributed by atoms with Crippen molar-refractivity contribution in [1.82, 2.24) is 5.43 Å². The average Bonchev–Trinajstić information content (AvgIpc) is 1.68. The molecule has 0 aromatic carbocycles. The van der Waals surface area contributed by atoms with E-state index in [1.807, 2.05) is 0 Å². The second-order valence-corrected chi connectivity index (χ2v) is 0.733. The van der Waals surface area contributed by atoms with Crippen molar-refractivity contribution in [2.24, 2.45) is 11.5 Å². The fourth-order valence-electron chi connectivity index (χ4n) is 0.0900. The SMILES string of the molecule is CN.NC(=O)N[N+](=O)[O-]. The lowest BCUT2D eigenvalue weighted by Crippen LogP contribution is -2.33. The Morgan fingerprint density at radius 3 is 2.00 bits per heavy atom. The van der Waals surface area contributed by atoms with Crippen molar-refractivity contribution in [3.8, 4) is 0 Å². The van der Waals surface area contributed by atoms with Crippen LogP contribution in [0.1, 0.15) is 0 Å². The number of nitro groups is 1. The normalized spacial score (nSPS) is 6.44. The molecule has 0 spiro atoms. The van der Waals surface area contributed by atoms with Crippen molar-refractivity contribution < 1.29 is 9.83 Å². The summed E-state index contributed by atoms with van der Waals surface area (Å²) in [6.45, 7) is 0. The maximum atomic E-state index is 9.48. The lowest BCUT2D eigenvalue weighted by molar-refractivity contribution is -0.527. The number of carbonyl (C=O) groups excluding carboxylic acids is 1. The highest BCUT2D eigenvalue weighted by Gasteiger charge is 1.95. The van der Waals surface area contributed by atoms with Gasteiger partial charge in [-0.15, -0.1) is 0 Å². The van der Waals surface area contributed by atoms with Crippen LogP contribution >= 0.6 is 0 Å². The summed E-state index contributed by atoms with van der Waals surface area (Å²) in [5, 5.41) is 8.18. The Kier molecular flexibility index (Phi) is 7.79. The molecular formula is C2H8N4O3. The lowest BCUT2D eigenvalue weighted by atomic mass is 11.2. The van der Waals surface area contributed by atoms with E-state index in [9.17, 15) is 14.9 Å². The molecule has 0 aromatic rings. The summed E-state index contributed by atoms with van der Waals surface area (Å²) in [5.41, 5.74) is 9.97. The van der Waals surface area contributed by atoms with Crippen molar-refractivity contribution in [3.63, 3.8) is 0 Å². The van der Waals surface area contributed by atoms with Crippen LogP contribution in [0.2, 0.25) is 0 Å². The Morgan fingerprint density at radius 1 is 1.67 bits per heavy atom. The molecule has 0 aliphatic heterocycles. The minimum atomic E-state index is -1.16. The van der Waals surface area contributed by atoms with E-state index in [1.54, 1.807) is 0 Å². The van der Waals surface area contributed by atoms with Crippen LogP contribution in [0.4, 0.5) is 4.79 Å². The third kappa shape index (κ3) is 20.5. The van der Waals surface area contributed by atoms with E-state index in [0.717, 1.165) is 0 Å². The molecule has 0 heterocycles. The van der Waals surface area contributed by atoms with Gasteiger partial charge in [-0.1, -0.05) is 5.43 Å². The summed E-state index contributed by atoms with van der Waals surface area (Å²) in [6.07, 6.45) is 0. The lowest BCUT2D eigenvalue weighted by Gasteiger charge is -1.83. The van der Waals surface area contributed by atoms with Crippen LogP contribution in [0.15, 0.2) is 0 Å². The Balaban J connectivity index is 0. The Hall–Kier alpha value is -1.37. The third-order valence-corrected chi connectivity index (χ3v) is 0.201. The van der Waals surface area contributed by atoms with Gasteiger partial charge in [-0.2, -0.15) is 0 Å². The summed E-state index contributed by atoms with van der Waals surface area (Å²) in [7, 11) is 1.50. The van der Waals surface area contributed by atoms with Crippen LogP contribution in [0.3, 0.4) is 0 Å². The molecule has 0 bridgehead atoms. The fourth-order valence-corrected chi connectivity index (χ4v) is 0.0900. The van der Waals surface area contributed by atoms with Gasteiger partial charge in [-0.3, -0.25) is 0 Å². The van der Waals surface area contributed by atoms with Gasteiger partial charge < -0.3 is 11.5 Å². The molecule has 0 saturated heterocycles. The fraction of sp³-hybridized carbons (Fsp3) is 0.500. The van der Waals surface area contributed by atoms with Gasteiger partial charge in [-0.25, -0.2) is 14.9 Å². The van der Waals surface area contributed by atoms with Gasteiger partial charge in [0.2, 0.25) is 0 Å². The maximum absolute atomic E-state index is 9.48. The molecule has 0 aliphatic rings. The van der Waals surface area contributed by atoms with Gasteiger partial charge >= 0.3 is 6.03 Å². The van der Waals surface area contributed by atoms with Gasteiger partial charge in [0.25, 0.3) is 0 Å². The van der Waals surface area contributed by atoms with E-state index < -0.39 is 11.1 Å². The molecule has 0 atom stereocenters. The molecule has 7 heteroatoms. The van der Waals surface area contributed by atoms with Crippen molar-refractivity contribution in [2.45, 2.75) is 0 Å². The monoisotopic (exact) mass is 136 g/mol. The predicted molar refractivity (Wildman–Crippen MR) is 29.8 cm³/mol. The van der Waals surface area contributed by atoms with E-state index in [2.05, 4.69) is 11.5 Å². The first-order chi connectivity index (χ1) is 4.13. The summed E-state index contributed by atoms with van der Waals surface area (Å²) in [5.74, 6) is 0. The standard InChI is InChI=1S/CH3N3O3.CH5N/c2-1(5)3-4(6)7;1-2/h(H3,2,3,5);2H2,1H3. The van der Waals surface area contributed by atoms with Crippen LogP contribution in [0.25, 0.3) is 0 Å². The number of urea groups is 1. The second kappa shape index (κ2) is 6.63. The van der Waals surface area contributed by atoms with Crippen molar-refractivity contribution in [3.05, 3.63) is 10.1 Å². The molecule has 0 radical (unpaired) electrons. The van der Waals surface area contributed by atoms with Gasteiger partial charge in [0, 0.05) is 0 Å². The zero-order chi connectivity index (χ0) is 7.86. The van der Waals surface area contributed by atoms with Crippen LogP contribution in [0, 0.1) is 10.1 Å². The predicted octanol–water partition coefficient (Wildman–Crippen LogP) is -1.58. The van der Waals surface area contributed by atoms with Crippen LogP contribution in [0.5, 0.6) is 0 Å². The van der Waals surface area contributed by atoms with E-state index in [4.69, 9.17) is 0 Å². The highest BCUT2D eigenvalue weighted by molar-refractivity contribution is 5.70. The highest BCUT2D eigenvalue weighted by atomic mass is 16.7. The first-order valence-corrected chi connectivity index (χ1v) is 1.91. The number of amides is 2. The number of carbonyl (C=O) groups is 1. The largest absolute Gasteiger partial charge is 0.370 e.